The lowest BCUT2D eigenvalue weighted by atomic mass is 10.2. The minimum atomic E-state index is 0.687. The SMILES string of the molecule is CNCc1nc2c([nH]1)COCC2. The zero-order chi connectivity index (χ0) is 8.39. The average molecular weight is 167 g/mol. The molecule has 0 unspecified atom stereocenters. The quantitative estimate of drug-likeness (QED) is 0.661. The van der Waals surface area contributed by atoms with Gasteiger partial charge in [0, 0.05) is 6.42 Å². The van der Waals surface area contributed by atoms with E-state index in [1.54, 1.807) is 0 Å². The Kier molecular flexibility index (Phi) is 2.10. The molecule has 0 aromatic carbocycles. The first-order valence-electron chi connectivity index (χ1n) is 4.19. The maximum Gasteiger partial charge on any atom is 0.120 e. The van der Waals surface area contributed by atoms with Gasteiger partial charge in [0.2, 0.25) is 0 Å². The van der Waals surface area contributed by atoms with Gasteiger partial charge in [-0.3, -0.25) is 0 Å². The maximum absolute atomic E-state index is 5.30. The molecule has 1 aliphatic heterocycles. The average Bonchev–Trinajstić information content (AvgIpc) is 2.47. The van der Waals surface area contributed by atoms with E-state index in [1.165, 1.54) is 5.69 Å². The van der Waals surface area contributed by atoms with Crippen LogP contribution in [0, 0.1) is 0 Å². The summed E-state index contributed by atoms with van der Waals surface area (Å²) in [4.78, 5) is 7.68. The van der Waals surface area contributed by atoms with E-state index < -0.39 is 0 Å². The predicted octanol–water partition coefficient (Wildman–Crippen LogP) is 0.202. The van der Waals surface area contributed by atoms with Crippen LogP contribution >= 0.6 is 0 Å². The van der Waals surface area contributed by atoms with Gasteiger partial charge in [-0.15, -0.1) is 0 Å². The standard InChI is InChI=1S/C8H13N3O/c1-9-4-8-10-6-2-3-12-5-7(6)11-8/h9H,2-5H2,1H3,(H,10,11). The van der Waals surface area contributed by atoms with Gasteiger partial charge in [0.05, 0.1) is 31.1 Å². The Labute approximate surface area is 71.3 Å². The number of hydrogen-bond donors (Lipinski definition) is 2. The van der Waals surface area contributed by atoms with Crippen molar-refractivity contribution >= 4 is 0 Å². The van der Waals surface area contributed by atoms with E-state index >= 15 is 0 Å². The number of nitrogens with one attached hydrogen (secondary N) is 2. The summed E-state index contributed by atoms with van der Waals surface area (Å²) in [5.74, 6) is 1.01. The molecule has 12 heavy (non-hydrogen) atoms. The molecule has 1 aliphatic rings. The van der Waals surface area contributed by atoms with Crippen LogP contribution in [-0.4, -0.2) is 23.6 Å². The molecule has 4 nitrogen and oxygen atoms in total. The highest BCUT2D eigenvalue weighted by Gasteiger charge is 2.13. The smallest absolute Gasteiger partial charge is 0.120 e. The molecule has 0 aliphatic carbocycles. The van der Waals surface area contributed by atoms with Gasteiger partial charge in [0.1, 0.15) is 5.82 Å². The van der Waals surface area contributed by atoms with Crippen LogP contribution in [0.4, 0.5) is 0 Å². The Morgan fingerprint density at radius 1 is 1.67 bits per heavy atom. The predicted molar refractivity (Wildman–Crippen MR) is 44.7 cm³/mol. The van der Waals surface area contributed by atoms with Gasteiger partial charge in [-0.25, -0.2) is 4.98 Å². The summed E-state index contributed by atoms with van der Waals surface area (Å²) >= 11 is 0. The minimum absolute atomic E-state index is 0.687. The summed E-state index contributed by atoms with van der Waals surface area (Å²) in [7, 11) is 1.91. The Hall–Kier alpha value is -0.870. The number of aromatic amines is 1. The first kappa shape index (κ1) is 7.76. The Bertz CT molecular complexity index is 246. The fraction of sp³-hybridized carbons (Fsp3) is 0.625. The number of fused-ring (bicyclic) bond motifs is 1. The number of hydrogen-bond acceptors (Lipinski definition) is 3. The Balaban J connectivity index is 2.20. The molecule has 1 aromatic heterocycles. The zero-order valence-electron chi connectivity index (χ0n) is 7.18. The van der Waals surface area contributed by atoms with E-state index in [0.717, 1.165) is 31.1 Å². The van der Waals surface area contributed by atoms with E-state index in [4.69, 9.17) is 4.74 Å². The Morgan fingerprint density at radius 2 is 2.58 bits per heavy atom. The van der Waals surface area contributed by atoms with Gasteiger partial charge in [-0.05, 0) is 7.05 Å². The molecule has 2 N–H and O–H groups in total. The van der Waals surface area contributed by atoms with Crippen molar-refractivity contribution in [3.05, 3.63) is 17.2 Å². The molecule has 0 saturated carbocycles. The van der Waals surface area contributed by atoms with Crippen molar-refractivity contribution in [1.82, 2.24) is 15.3 Å². The van der Waals surface area contributed by atoms with E-state index in [2.05, 4.69) is 15.3 Å². The van der Waals surface area contributed by atoms with E-state index in [-0.39, 0.29) is 0 Å². The van der Waals surface area contributed by atoms with E-state index in [1.807, 2.05) is 7.05 Å². The maximum atomic E-state index is 5.30. The summed E-state index contributed by atoms with van der Waals surface area (Å²) in [5.41, 5.74) is 2.32. The normalized spacial score (nSPS) is 16.1. The number of imidazole rings is 1. The molecule has 1 aromatic rings. The molecule has 0 saturated heterocycles. The van der Waals surface area contributed by atoms with Crippen molar-refractivity contribution in [3.63, 3.8) is 0 Å². The molecule has 2 rings (SSSR count). The zero-order valence-corrected chi connectivity index (χ0v) is 7.18. The van der Waals surface area contributed by atoms with Crippen molar-refractivity contribution in [3.8, 4) is 0 Å². The van der Waals surface area contributed by atoms with Gasteiger partial charge in [-0.1, -0.05) is 0 Å². The van der Waals surface area contributed by atoms with Gasteiger partial charge in [0.15, 0.2) is 0 Å². The largest absolute Gasteiger partial charge is 0.375 e. The molecule has 0 spiro atoms. The van der Waals surface area contributed by atoms with E-state index in [0.29, 0.717) is 6.61 Å². The summed E-state index contributed by atoms with van der Waals surface area (Å²) in [6.45, 7) is 2.29. The van der Waals surface area contributed by atoms with Crippen LogP contribution in [0.25, 0.3) is 0 Å². The molecule has 2 heterocycles. The molecular weight excluding hydrogens is 154 g/mol. The first-order valence-corrected chi connectivity index (χ1v) is 4.19. The third kappa shape index (κ3) is 1.35. The molecule has 0 amide bonds. The van der Waals surface area contributed by atoms with Gasteiger partial charge in [0.25, 0.3) is 0 Å². The number of rotatable bonds is 2. The lowest BCUT2D eigenvalue weighted by molar-refractivity contribution is 0.107. The summed E-state index contributed by atoms with van der Waals surface area (Å²) in [5, 5.41) is 3.06. The first-order chi connectivity index (χ1) is 5.90. The number of H-pyrrole nitrogens is 1. The third-order valence-corrected chi connectivity index (χ3v) is 1.99. The lowest BCUT2D eigenvalue weighted by Gasteiger charge is -2.09. The van der Waals surface area contributed by atoms with Crippen LogP contribution < -0.4 is 5.32 Å². The highest BCUT2D eigenvalue weighted by molar-refractivity contribution is 5.15. The molecule has 0 radical (unpaired) electrons. The Morgan fingerprint density at radius 3 is 3.33 bits per heavy atom. The van der Waals surface area contributed by atoms with Crippen LogP contribution in [0.15, 0.2) is 0 Å². The van der Waals surface area contributed by atoms with Crippen LogP contribution in [0.2, 0.25) is 0 Å². The van der Waals surface area contributed by atoms with Crippen LogP contribution in [0.1, 0.15) is 17.2 Å². The molecule has 0 atom stereocenters. The number of nitrogens with zero attached hydrogens (tertiary/aromatic N) is 1. The molecule has 4 heteroatoms. The fourth-order valence-corrected chi connectivity index (χ4v) is 1.43. The fourth-order valence-electron chi connectivity index (χ4n) is 1.43. The highest BCUT2D eigenvalue weighted by atomic mass is 16.5. The van der Waals surface area contributed by atoms with Crippen LogP contribution in [0.5, 0.6) is 0 Å². The monoisotopic (exact) mass is 167 g/mol. The molecular formula is C8H13N3O. The highest BCUT2D eigenvalue weighted by Crippen LogP contribution is 2.13. The topological polar surface area (TPSA) is 49.9 Å². The van der Waals surface area contributed by atoms with Gasteiger partial charge in [-0.2, -0.15) is 0 Å². The summed E-state index contributed by atoms with van der Waals surface area (Å²) in [6.07, 6.45) is 0.940. The number of ether oxygens (including phenoxy) is 1. The second kappa shape index (κ2) is 3.25. The molecule has 0 fully saturated rings. The van der Waals surface area contributed by atoms with Crippen molar-refractivity contribution in [2.45, 2.75) is 19.6 Å². The molecule has 66 valence electrons. The van der Waals surface area contributed by atoms with Crippen molar-refractivity contribution in [2.75, 3.05) is 13.7 Å². The lowest BCUT2D eigenvalue weighted by Crippen LogP contribution is -2.08. The second-order valence-corrected chi connectivity index (χ2v) is 2.94. The summed E-state index contributed by atoms with van der Waals surface area (Å²) in [6, 6.07) is 0. The van der Waals surface area contributed by atoms with Gasteiger partial charge >= 0.3 is 0 Å². The molecule has 0 bridgehead atoms. The van der Waals surface area contributed by atoms with Crippen LogP contribution in [-0.2, 0) is 24.3 Å². The summed E-state index contributed by atoms with van der Waals surface area (Å²) < 4.78 is 5.30. The third-order valence-electron chi connectivity index (χ3n) is 1.99. The van der Waals surface area contributed by atoms with Gasteiger partial charge < -0.3 is 15.0 Å². The van der Waals surface area contributed by atoms with Crippen molar-refractivity contribution in [2.24, 2.45) is 0 Å². The van der Waals surface area contributed by atoms with E-state index in [9.17, 15) is 0 Å². The minimum Gasteiger partial charge on any atom is -0.375 e. The van der Waals surface area contributed by atoms with Crippen molar-refractivity contribution in [1.29, 1.82) is 0 Å². The second-order valence-electron chi connectivity index (χ2n) is 2.94. The van der Waals surface area contributed by atoms with Crippen LogP contribution in [0.3, 0.4) is 0 Å². The number of aromatic nitrogens is 2. The van der Waals surface area contributed by atoms with Crippen molar-refractivity contribution < 1.29 is 4.74 Å².